The van der Waals surface area contributed by atoms with Crippen molar-refractivity contribution in [3.63, 3.8) is 0 Å². The van der Waals surface area contributed by atoms with Crippen LogP contribution in [0.1, 0.15) is 24.5 Å². The first-order chi connectivity index (χ1) is 12.1. The fourth-order valence-corrected chi connectivity index (χ4v) is 4.20. The zero-order valence-corrected chi connectivity index (χ0v) is 16.0. The van der Waals surface area contributed by atoms with Gasteiger partial charge in [0, 0.05) is 29.7 Å². The van der Waals surface area contributed by atoms with Crippen LogP contribution in [0.3, 0.4) is 0 Å². The molecule has 0 radical (unpaired) electrons. The van der Waals surface area contributed by atoms with E-state index in [2.05, 4.69) is 52.7 Å². The lowest BCUT2D eigenvalue weighted by Gasteiger charge is -2.39. The van der Waals surface area contributed by atoms with Crippen molar-refractivity contribution in [3.8, 4) is 0 Å². The molecule has 6 heteroatoms. The number of fused-ring (bicyclic) bond motifs is 2. The molecule has 1 amide bonds. The zero-order chi connectivity index (χ0) is 17.6. The van der Waals surface area contributed by atoms with E-state index in [1.807, 2.05) is 6.92 Å². The normalized spacial score (nSPS) is 23.0. The Morgan fingerprint density at radius 2 is 2.27 bits per heavy atom. The molecule has 2 aliphatic rings. The maximum Gasteiger partial charge on any atom is 0.228 e. The van der Waals surface area contributed by atoms with E-state index in [0.717, 1.165) is 18.4 Å². The van der Waals surface area contributed by atoms with Crippen molar-refractivity contribution >= 4 is 34.8 Å². The van der Waals surface area contributed by atoms with E-state index >= 15 is 0 Å². The van der Waals surface area contributed by atoms with Crippen LogP contribution in [-0.2, 0) is 11.2 Å². The number of carbonyl (C=O) groups is 1. The van der Waals surface area contributed by atoms with Crippen LogP contribution >= 0.6 is 12.4 Å². The molecule has 0 bridgehead atoms. The van der Waals surface area contributed by atoms with Gasteiger partial charge < -0.3 is 15.4 Å². The minimum atomic E-state index is -0.187. The van der Waals surface area contributed by atoms with E-state index in [-0.39, 0.29) is 36.9 Å². The van der Waals surface area contributed by atoms with E-state index in [1.54, 1.807) is 0 Å². The largest absolute Gasteiger partial charge is 0.394 e. The molecule has 140 valence electrons. The van der Waals surface area contributed by atoms with Gasteiger partial charge in [-0.25, -0.2) is 0 Å². The fraction of sp³-hybridized carbons (Fsp3) is 0.450. The van der Waals surface area contributed by atoms with Crippen molar-refractivity contribution in [1.82, 2.24) is 15.2 Å². The second-order valence-corrected chi connectivity index (χ2v) is 7.23. The minimum Gasteiger partial charge on any atom is -0.394 e. The Morgan fingerprint density at radius 1 is 1.46 bits per heavy atom. The summed E-state index contributed by atoms with van der Waals surface area (Å²) in [5.74, 6) is -0.182. The molecule has 3 N–H and O–H groups in total. The van der Waals surface area contributed by atoms with Gasteiger partial charge in [0.15, 0.2) is 0 Å². The number of rotatable bonds is 4. The SMILES string of the molecule is CC[C@@H](CO)NC(=O)[C@@H]1C=C2c3cccc4[nH]cc(c34)C[C@H]2N(C)C1.Cl. The number of H-pyrrole nitrogens is 1. The van der Waals surface area contributed by atoms with Gasteiger partial charge >= 0.3 is 0 Å². The molecule has 3 atom stereocenters. The molecule has 1 aliphatic heterocycles. The first-order valence-electron chi connectivity index (χ1n) is 9.05. The molecule has 2 aromatic rings. The van der Waals surface area contributed by atoms with Crippen LogP contribution in [-0.4, -0.2) is 53.2 Å². The number of hydrogen-bond acceptors (Lipinski definition) is 3. The monoisotopic (exact) mass is 375 g/mol. The average Bonchev–Trinajstić information content (AvgIpc) is 3.04. The van der Waals surface area contributed by atoms with Crippen molar-refractivity contribution < 1.29 is 9.90 Å². The molecule has 0 fully saturated rings. The molecule has 4 rings (SSSR count). The van der Waals surface area contributed by atoms with Crippen LogP contribution in [0.5, 0.6) is 0 Å². The topological polar surface area (TPSA) is 68.4 Å². The van der Waals surface area contributed by atoms with Crippen molar-refractivity contribution in [2.24, 2.45) is 5.92 Å². The summed E-state index contributed by atoms with van der Waals surface area (Å²) in [4.78, 5) is 18.3. The zero-order valence-electron chi connectivity index (χ0n) is 15.2. The van der Waals surface area contributed by atoms with E-state index in [9.17, 15) is 9.90 Å². The summed E-state index contributed by atoms with van der Waals surface area (Å²) in [5, 5.41) is 13.6. The lowest BCUT2D eigenvalue weighted by Crippen LogP contribution is -2.48. The Labute approximate surface area is 159 Å². The lowest BCUT2D eigenvalue weighted by molar-refractivity contribution is -0.125. The molecule has 2 heterocycles. The second kappa shape index (κ2) is 7.43. The number of aromatic amines is 1. The third-order valence-corrected chi connectivity index (χ3v) is 5.66. The van der Waals surface area contributed by atoms with Crippen molar-refractivity contribution in [3.05, 3.63) is 41.6 Å². The summed E-state index contributed by atoms with van der Waals surface area (Å²) >= 11 is 0. The van der Waals surface area contributed by atoms with Gasteiger partial charge in [-0.15, -0.1) is 12.4 Å². The molecule has 1 aromatic heterocycles. The molecule has 0 spiro atoms. The fourth-order valence-electron chi connectivity index (χ4n) is 4.20. The molecular weight excluding hydrogens is 350 g/mol. The van der Waals surface area contributed by atoms with Gasteiger partial charge in [-0.3, -0.25) is 9.69 Å². The third kappa shape index (κ3) is 3.04. The Kier molecular flexibility index (Phi) is 5.42. The summed E-state index contributed by atoms with van der Waals surface area (Å²) in [6, 6.07) is 6.49. The maximum absolute atomic E-state index is 12.7. The van der Waals surface area contributed by atoms with Gasteiger partial charge in [-0.05, 0) is 42.7 Å². The van der Waals surface area contributed by atoms with E-state index < -0.39 is 0 Å². The van der Waals surface area contributed by atoms with Gasteiger partial charge in [-0.1, -0.05) is 25.1 Å². The van der Waals surface area contributed by atoms with E-state index in [4.69, 9.17) is 0 Å². The van der Waals surface area contributed by atoms with Crippen molar-refractivity contribution in [2.75, 3.05) is 20.2 Å². The Bertz CT molecular complexity index is 841. The van der Waals surface area contributed by atoms with Crippen LogP contribution in [0.2, 0.25) is 0 Å². The average molecular weight is 376 g/mol. The number of aromatic nitrogens is 1. The number of aliphatic hydroxyl groups excluding tert-OH is 1. The molecule has 1 aliphatic carbocycles. The van der Waals surface area contributed by atoms with E-state index in [1.165, 1.54) is 22.1 Å². The van der Waals surface area contributed by atoms with Crippen molar-refractivity contribution in [2.45, 2.75) is 31.8 Å². The number of nitrogens with one attached hydrogen (secondary N) is 2. The Hall–Kier alpha value is -1.82. The summed E-state index contributed by atoms with van der Waals surface area (Å²) < 4.78 is 0. The molecule has 26 heavy (non-hydrogen) atoms. The highest BCUT2D eigenvalue weighted by molar-refractivity contribution is 5.99. The number of carbonyl (C=O) groups excluding carboxylic acids is 1. The second-order valence-electron chi connectivity index (χ2n) is 7.23. The van der Waals surface area contributed by atoms with Gasteiger partial charge in [0.25, 0.3) is 0 Å². The molecule has 5 nitrogen and oxygen atoms in total. The predicted octanol–water partition coefficient (Wildman–Crippen LogP) is 2.35. The number of likely N-dealkylation sites (N-methyl/N-ethyl adjacent to an activating group) is 1. The molecule has 0 saturated heterocycles. The molecule has 1 aromatic carbocycles. The number of hydrogen-bond donors (Lipinski definition) is 3. The molecular formula is C20H26ClN3O2. The molecule has 0 saturated carbocycles. The summed E-state index contributed by atoms with van der Waals surface area (Å²) in [6.45, 7) is 2.66. The highest BCUT2D eigenvalue weighted by atomic mass is 35.5. The van der Waals surface area contributed by atoms with Gasteiger partial charge in [0.1, 0.15) is 0 Å². The number of benzene rings is 1. The number of halogens is 1. The van der Waals surface area contributed by atoms with Gasteiger partial charge in [0.2, 0.25) is 5.91 Å². The summed E-state index contributed by atoms with van der Waals surface area (Å²) in [5.41, 5.74) is 5.01. The lowest BCUT2D eigenvalue weighted by atomic mass is 9.80. The first-order valence-corrected chi connectivity index (χ1v) is 9.05. The number of nitrogens with zero attached hydrogens (tertiary/aromatic N) is 1. The van der Waals surface area contributed by atoms with Crippen LogP contribution < -0.4 is 5.32 Å². The Morgan fingerprint density at radius 3 is 3.00 bits per heavy atom. The summed E-state index contributed by atoms with van der Waals surface area (Å²) in [6.07, 6.45) is 5.97. The smallest absolute Gasteiger partial charge is 0.228 e. The maximum atomic E-state index is 12.7. The van der Waals surface area contributed by atoms with Gasteiger partial charge in [0.05, 0.1) is 18.6 Å². The summed E-state index contributed by atoms with van der Waals surface area (Å²) in [7, 11) is 2.10. The Balaban J connectivity index is 0.00000196. The highest BCUT2D eigenvalue weighted by Crippen LogP contribution is 2.40. The van der Waals surface area contributed by atoms with Gasteiger partial charge in [-0.2, -0.15) is 0 Å². The minimum absolute atomic E-state index is 0. The predicted molar refractivity (Wildman–Crippen MR) is 106 cm³/mol. The third-order valence-electron chi connectivity index (χ3n) is 5.66. The van der Waals surface area contributed by atoms with Crippen LogP contribution in [0.15, 0.2) is 30.5 Å². The van der Waals surface area contributed by atoms with Crippen LogP contribution in [0.4, 0.5) is 0 Å². The molecule has 0 unspecified atom stereocenters. The number of amides is 1. The van der Waals surface area contributed by atoms with Crippen LogP contribution in [0.25, 0.3) is 16.5 Å². The van der Waals surface area contributed by atoms with Crippen molar-refractivity contribution in [1.29, 1.82) is 0 Å². The van der Waals surface area contributed by atoms with Crippen LogP contribution in [0, 0.1) is 5.92 Å². The highest BCUT2D eigenvalue weighted by Gasteiger charge is 2.35. The first kappa shape index (κ1) is 19.0. The standard InChI is InChI=1S/C20H25N3O2.ClH/c1-3-14(11-24)22-20(25)13-7-16-15-5-4-6-17-19(15)12(9-21-17)8-18(16)23(2)10-13;/h4-7,9,13-14,18,21,24H,3,8,10-11H2,1-2H3,(H,22,25);1H/t13-,14+,18-;/m1./s1. The quantitative estimate of drug-likeness (QED) is 0.768. The number of aliphatic hydroxyl groups is 1. The van der Waals surface area contributed by atoms with E-state index in [0.29, 0.717) is 12.6 Å².